The number of amides is 2. The second-order valence-electron chi connectivity index (χ2n) is 6.17. The normalized spacial score (nSPS) is 14.3. The number of aromatic nitrogens is 2. The first kappa shape index (κ1) is 17.5. The lowest BCUT2D eigenvalue weighted by molar-refractivity contribution is -0.121. The van der Waals surface area contributed by atoms with E-state index in [1.54, 1.807) is 6.07 Å². The highest BCUT2D eigenvalue weighted by atomic mass is 32.1. The molecule has 3 aromatic rings. The monoisotopic (exact) mass is 385 g/mol. The van der Waals surface area contributed by atoms with Crippen LogP contribution in [0.15, 0.2) is 35.7 Å². The molecule has 4 rings (SSSR count). The summed E-state index contributed by atoms with van der Waals surface area (Å²) in [4.78, 5) is 34.0. The van der Waals surface area contributed by atoms with Gasteiger partial charge in [-0.15, -0.1) is 11.3 Å². The first-order valence-corrected chi connectivity index (χ1v) is 9.51. The number of nitrogens with zero attached hydrogens (tertiary/aromatic N) is 2. The molecule has 0 spiro atoms. The summed E-state index contributed by atoms with van der Waals surface area (Å²) in [6.07, 6.45) is 0.105. The Bertz CT molecular complexity index is 928. The summed E-state index contributed by atoms with van der Waals surface area (Å²) < 4.78 is 5.33. The highest BCUT2D eigenvalue weighted by Gasteiger charge is 2.16. The summed E-state index contributed by atoms with van der Waals surface area (Å²) in [6, 6.07) is 9.33. The molecule has 0 atom stereocenters. The van der Waals surface area contributed by atoms with Crippen LogP contribution in [0.4, 0.5) is 5.13 Å². The van der Waals surface area contributed by atoms with Gasteiger partial charge in [-0.3, -0.25) is 20.4 Å². The Morgan fingerprint density at radius 2 is 2.04 bits per heavy atom. The van der Waals surface area contributed by atoms with Gasteiger partial charge in [0.2, 0.25) is 5.91 Å². The number of para-hydroxylation sites is 1. The Kier molecular flexibility index (Phi) is 5.03. The number of rotatable bonds is 4. The van der Waals surface area contributed by atoms with E-state index in [-0.39, 0.29) is 12.3 Å². The third-order valence-electron chi connectivity index (χ3n) is 4.25. The van der Waals surface area contributed by atoms with E-state index in [1.807, 2.05) is 29.6 Å². The molecule has 0 saturated carbocycles. The van der Waals surface area contributed by atoms with Crippen molar-refractivity contribution in [3.8, 4) is 0 Å². The Morgan fingerprint density at radius 3 is 2.85 bits per heavy atom. The van der Waals surface area contributed by atoms with Crippen LogP contribution in [0.1, 0.15) is 16.2 Å². The van der Waals surface area contributed by atoms with E-state index in [2.05, 4.69) is 25.7 Å². The predicted octanol–water partition coefficient (Wildman–Crippen LogP) is 1.46. The maximum Gasteiger partial charge on any atom is 0.286 e. The van der Waals surface area contributed by atoms with Crippen molar-refractivity contribution in [1.29, 1.82) is 0 Å². The Balaban J connectivity index is 1.30. The smallest absolute Gasteiger partial charge is 0.286 e. The highest BCUT2D eigenvalue weighted by molar-refractivity contribution is 7.13. The van der Waals surface area contributed by atoms with E-state index < -0.39 is 5.91 Å². The van der Waals surface area contributed by atoms with Crippen molar-refractivity contribution in [2.45, 2.75) is 6.42 Å². The maximum absolute atomic E-state index is 12.2. The number of hydrogen-bond donors (Lipinski definition) is 3. The summed E-state index contributed by atoms with van der Waals surface area (Å²) in [5, 5.41) is 3.69. The summed E-state index contributed by atoms with van der Waals surface area (Å²) in [7, 11) is 0. The molecule has 0 bridgehead atoms. The van der Waals surface area contributed by atoms with Crippen LogP contribution < -0.4 is 15.8 Å². The van der Waals surface area contributed by atoms with Crippen molar-refractivity contribution in [3.63, 3.8) is 0 Å². The van der Waals surface area contributed by atoms with Crippen molar-refractivity contribution < 1.29 is 14.3 Å². The van der Waals surface area contributed by atoms with Gasteiger partial charge in [0.05, 0.1) is 25.3 Å². The fourth-order valence-corrected chi connectivity index (χ4v) is 3.75. The van der Waals surface area contributed by atoms with E-state index >= 15 is 0 Å². The van der Waals surface area contributed by atoms with Gasteiger partial charge in [0.25, 0.3) is 5.91 Å². The van der Waals surface area contributed by atoms with E-state index in [9.17, 15) is 9.59 Å². The fourth-order valence-electron chi connectivity index (χ4n) is 2.88. The molecule has 1 fully saturated rings. The standard InChI is InChI=1S/C18H19N5O3S/c24-16(10-13-11-27-18(19-13)23-5-7-26-8-6-23)21-22-17(25)15-9-12-3-1-2-4-14(12)20-15/h1-4,9,11,20H,5-8,10H2,(H,21,24)(H,22,25). The maximum atomic E-state index is 12.2. The fraction of sp³-hybridized carbons (Fsp3) is 0.278. The van der Waals surface area contributed by atoms with E-state index in [0.717, 1.165) is 29.1 Å². The molecule has 2 aromatic heterocycles. The van der Waals surface area contributed by atoms with Gasteiger partial charge in [0.1, 0.15) is 5.69 Å². The van der Waals surface area contributed by atoms with Gasteiger partial charge in [-0.25, -0.2) is 4.98 Å². The molecule has 1 saturated heterocycles. The highest BCUT2D eigenvalue weighted by Crippen LogP contribution is 2.21. The molecule has 0 unspecified atom stereocenters. The summed E-state index contributed by atoms with van der Waals surface area (Å²) in [6.45, 7) is 2.99. The minimum absolute atomic E-state index is 0.105. The van der Waals surface area contributed by atoms with Gasteiger partial charge in [-0.05, 0) is 12.1 Å². The minimum Gasteiger partial charge on any atom is -0.378 e. The molecule has 3 N–H and O–H groups in total. The van der Waals surface area contributed by atoms with Crippen molar-refractivity contribution in [2.75, 3.05) is 31.2 Å². The number of morpholine rings is 1. The topological polar surface area (TPSA) is 99.3 Å². The summed E-state index contributed by atoms with van der Waals surface area (Å²) in [5.74, 6) is -0.717. The predicted molar refractivity (Wildman–Crippen MR) is 103 cm³/mol. The SMILES string of the molecule is O=C(Cc1csc(N2CCOCC2)n1)NNC(=O)c1cc2ccccc2[nH]1. The number of fused-ring (bicyclic) bond motifs is 1. The average molecular weight is 385 g/mol. The van der Waals surface area contributed by atoms with Crippen LogP contribution in [-0.4, -0.2) is 48.1 Å². The second-order valence-corrected chi connectivity index (χ2v) is 7.01. The zero-order valence-electron chi connectivity index (χ0n) is 14.5. The third-order valence-corrected chi connectivity index (χ3v) is 5.20. The molecule has 1 aliphatic heterocycles. The zero-order chi connectivity index (χ0) is 18.6. The van der Waals surface area contributed by atoms with Crippen molar-refractivity contribution in [1.82, 2.24) is 20.8 Å². The Morgan fingerprint density at radius 1 is 1.22 bits per heavy atom. The molecule has 140 valence electrons. The number of benzene rings is 1. The number of carbonyl (C=O) groups is 2. The molecule has 0 aliphatic carbocycles. The number of thiazole rings is 1. The van der Waals surface area contributed by atoms with E-state index in [1.165, 1.54) is 11.3 Å². The number of carbonyl (C=O) groups excluding carboxylic acids is 2. The van der Waals surface area contributed by atoms with E-state index in [4.69, 9.17) is 4.74 Å². The summed E-state index contributed by atoms with van der Waals surface area (Å²) in [5.41, 5.74) is 6.80. The molecule has 1 aliphatic rings. The number of anilines is 1. The lowest BCUT2D eigenvalue weighted by atomic mass is 10.2. The van der Waals surface area contributed by atoms with Crippen molar-refractivity contribution in [3.05, 3.63) is 47.1 Å². The number of hydrazine groups is 1. The van der Waals surface area contributed by atoms with Crippen LogP contribution in [0.5, 0.6) is 0 Å². The molecular formula is C18H19N5O3S. The molecule has 3 heterocycles. The largest absolute Gasteiger partial charge is 0.378 e. The number of nitrogens with one attached hydrogen (secondary N) is 3. The van der Waals surface area contributed by atoms with Gasteiger partial charge in [0.15, 0.2) is 5.13 Å². The van der Waals surface area contributed by atoms with Crippen LogP contribution in [-0.2, 0) is 16.0 Å². The van der Waals surface area contributed by atoms with Gasteiger partial charge in [-0.1, -0.05) is 18.2 Å². The van der Waals surface area contributed by atoms with Gasteiger partial charge >= 0.3 is 0 Å². The van der Waals surface area contributed by atoms with Crippen LogP contribution >= 0.6 is 11.3 Å². The zero-order valence-corrected chi connectivity index (χ0v) is 15.3. The van der Waals surface area contributed by atoms with Gasteiger partial charge in [0, 0.05) is 29.4 Å². The first-order valence-electron chi connectivity index (χ1n) is 8.63. The Hall–Kier alpha value is -2.91. The van der Waals surface area contributed by atoms with Crippen LogP contribution in [0.25, 0.3) is 10.9 Å². The molecule has 9 heteroatoms. The number of aromatic amines is 1. The lowest BCUT2D eigenvalue weighted by Crippen LogP contribution is -2.42. The van der Waals surface area contributed by atoms with Crippen molar-refractivity contribution >= 4 is 39.2 Å². The number of hydrogen-bond acceptors (Lipinski definition) is 6. The van der Waals surface area contributed by atoms with Crippen LogP contribution in [0, 0.1) is 0 Å². The molecule has 8 nitrogen and oxygen atoms in total. The van der Waals surface area contributed by atoms with Gasteiger partial charge in [-0.2, -0.15) is 0 Å². The third kappa shape index (κ3) is 4.09. The molecular weight excluding hydrogens is 366 g/mol. The number of H-pyrrole nitrogens is 1. The minimum atomic E-state index is -0.396. The Labute approximate surface area is 159 Å². The van der Waals surface area contributed by atoms with Crippen LogP contribution in [0.3, 0.4) is 0 Å². The molecule has 1 aromatic carbocycles. The summed E-state index contributed by atoms with van der Waals surface area (Å²) >= 11 is 1.51. The van der Waals surface area contributed by atoms with Crippen molar-refractivity contribution in [2.24, 2.45) is 0 Å². The van der Waals surface area contributed by atoms with Crippen LogP contribution in [0.2, 0.25) is 0 Å². The molecule has 2 amide bonds. The average Bonchev–Trinajstić information content (AvgIpc) is 3.33. The van der Waals surface area contributed by atoms with E-state index in [0.29, 0.717) is 24.6 Å². The van der Waals surface area contributed by atoms with Gasteiger partial charge < -0.3 is 14.6 Å². The lowest BCUT2D eigenvalue weighted by Gasteiger charge is -2.26. The molecule has 0 radical (unpaired) electrons. The first-order chi connectivity index (χ1) is 13.2. The quantitative estimate of drug-likeness (QED) is 0.591. The second kappa shape index (κ2) is 7.77. The number of ether oxygens (including phenoxy) is 1. The molecule has 27 heavy (non-hydrogen) atoms.